The molecule has 148 valence electrons. The van der Waals surface area contributed by atoms with Crippen LogP contribution in [0.1, 0.15) is 77.0 Å². The molecule has 0 saturated heterocycles. The maximum atomic E-state index is 12.4. The number of rotatable bonds is 11. The molecule has 0 bridgehead atoms. The highest BCUT2D eigenvalue weighted by Gasteiger charge is 2.26. The first-order valence-corrected chi connectivity index (χ1v) is 8.91. The molecule has 8 heteroatoms. The SMILES string of the molecule is CCCCNC(=O)C(CCCC)OC(=O)c1ccc(C(=O)O)cc1C(=O)O. The highest BCUT2D eigenvalue weighted by molar-refractivity contribution is 6.04. The number of amides is 1. The lowest BCUT2D eigenvalue weighted by Crippen LogP contribution is -2.38. The number of aromatic carboxylic acids is 2. The number of carbonyl (C=O) groups excluding carboxylic acids is 2. The Morgan fingerprint density at radius 3 is 2.22 bits per heavy atom. The maximum Gasteiger partial charge on any atom is 0.339 e. The second-order valence-corrected chi connectivity index (χ2v) is 6.05. The van der Waals surface area contributed by atoms with Crippen molar-refractivity contribution in [3.8, 4) is 0 Å². The van der Waals surface area contributed by atoms with Crippen LogP contribution in [0.5, 0.6) is 0 Å². The van der Waals surface area contributed by atoms with Gasteiger partial charge >= 0.3 is 17.9 Å². The van der Waals surface area contributed by atoms with Gasteiger partial charge in [0.1, 0.15) is 0 Å². The van der Waals surface area contributed by atoms with Gasteiger partial charge in [-0.05, 0) is 37.5 Å². The molecule has 1 unspecified atom stereocenters. The second kappa shape index (κ2) is 10.9. The summed E-state index contributed by atoms with van der Waals surface area (Å²) in [7, 11) is 0. The first-order chi connectivity index (χ1) is 12.8. The molecule has 1 amide bonds. The van der Waals surface area contributed by atoms with E-state index in [2.05, 4.69) is 5.32 Å². The number of unbranched alkanes of at least 4 members (excludes halogenated alkanes) is 2. The zero-order chi connectivity index (χ0) is 20.4. The standard InChI is InChI=1S/C19H25NO7/c1-3-5-7-15(16(21)20-10-6-4-2)27-19(26)13-9-8-12(17(22)23)11-14(13)18(24)25/h8-9,11,15H,3-7,10H2,1-2H3,(H,20,21)(H,22,23)(H,24,25). The van der Waals surface area contributed by atoms with Gasteiger partial charge in [-0.25, -0.2) is 14.4 Å². The van der Waals surface area contributed by atoms with Gasteiger partial charge in [0.05, 0.1) is 16.7 Å². The van der Waals surface area contributed by atoms with Crippen LogP contribution < -0.4 is 5.32 Å². The first kappa shape index (κ1) is 22.1. The van der Waals surface area contributed by atoms with Crippen molar-refractivity contribution in [3.05, 3.63) is 34.9 Å². The predicted octanol–water partition coefficient (Wildman–Crippen LogP) is 2.71. The molecule has 0 saturated carbocycles. The van der Waals surface area contributed by atoms with Gasteiger partial charge in [0.25, 0.3) is 5.91 Å². The van der Waals surface area contributed by atoms with Crippen molar-refractivity contribution in [2.24, 2.45) is 0 Å². The third-order valence-corrected chi connectivity index (χ3v) is 3.91. The van der Waals surface area contributed by atoms with E-state index in [1.165, 1.54) is 0 Å². The smallest absolute Gasteiger partial charge is 0.339 e. The summed E-state index contributed by atoms with van der Waals surface area (Å²) < 4.78 is 5.26. The van der Waals surface area contributed by atoms with Crippen LogP contribution in [0.4, 0.5) is 0 Å². The normalized spacial score (nSPS) is 11.5. The molecule has 0 heterocycles. The quantitative estimate of drug-likeness (QED) is 0.398. The fourth-order valence-electron chi connectivity index (χ4n) is 2.36. The maximum absolute atomic E-state index is 12.4. The number of carboxylic acid groups (broad SMARTS) is 2. The average Bonchev–Trinajstić information content (AvgIpc) is 2.64. The van der Waals surface area contributed by atoms with Gasteiger partial charge in [-0.2, -0.15) is 0 Å². The van der Waals surface area contributed by atoms with Gasteiger partial charge < -0.3 is 20.3 Å². The molecule has 27 heavy (non-hydrogen) atoms. The number of carboxylic acids is 2. The number of hydrogen-bond acceptors (Lipinski definition) is 5. The van der Waals surface area contributed by atoms with E-state index in [1.54, 1.807) is 0 Å². The molecule has 1 atom stereocenters. The van der Waals surface area contributed by atoms with Crippen molar-refractivity contribution in [3.63, 3.8) is 0 Å². The molecule has 1 aromatic carbocycles. The molecule has 0 spiro atoms. The van der Waals surface area contributed by atoms with Gasteiger partial charge in [0.15, 0.2) is 6.10 Å². The lowest BCUT2D eigenvalue weighted by Gasteiger charge is -2.18. The zero-order valence-corrected chi connectivity index (χ0v) is 15.5. The largest absolute Gasteiger partial charge is 0.478 e. The van der Waals surface area contributed by atoms with E-state index in [0.717, 1.165) is 37.5 Å². The molecule has 0 aliphatic carbocycles. The van der Waals surface area contributed by atoms with Crippen LogP contribution in [-0.2, 0) is 9.53 Å². The number of nitrogens with one attached hydrogen (secondary N) is 1. The Labute approximate surface area is 157 Å². The first-order valence-electron chi connectivity index (χ1n) is 8.91. The third-order valence-electron chi connectivity index (χ3n) is 3.91. The van der Waals surface area contributed by atoms with E-state index < -0.39 is 35.5 Å². The van der Waals surface area contributed by atoms with Gasteiger partial charge in [-0.15, -0.1) is 0 Å². The van der Waals surface area contributed by atoms with Crippen LogP contribution in [-0.4, -0.2) is 46.7 Å². The number of ether oxygens (including phenoxy) is 1. The lowest BCUT2D eigenvalue weighted by molar-refractivity contribution is -0.130. The minimum Gasteiger partial charge on any atom is -0.478 e. The van der Waals surface area contributed by atoms with Crippen molar-refractivity contribution in [2.75, 3.05) is 6.54 Å². The highest BCUT2D eigenvalue weighted by Crippen LogP contribution is 2.16. The van der Waals surface area contributed by atoms with Crippen molar-refractivity contribution >= 4 is 23.8 Å². The summed E-state index contributed by atoms with van der Waals surface area (Å²) in [5.74, 6) is -4.17. The number of hydrogen-bond donors (Lipinski definition) is 3. The Kier molecular flexibility index (Phi) is 8.98. The number of carbonyl (C=O) groups is 4. The van der Waals surface area contributed by atoms with Crippen molar-refractivity contribution in [1.29, 1.82) is 0 Å². The molecule has 3 N–H and O–H groups in total. The topological polar surface area (TPSA) is 130 Å². The van der Waals surface area contributed by atoms with Crippen LogP contribution in [0.15, 0.2) is 18.2 Å². The fourth-order valence-corrected chi connectivity index (χ4v) is 2.36. The predicted molar refractivity (Wildman–Crippen MR) is 97.0 cm³/mol. The second-order valence-electron chi connectivity index (χ2n) is 6.05. The zero-order valence-electron chi connectivity index (χ0n) is 15.5. The van der Waals surface area contributed by atoms with Crippen LogP contribution >= 0.6 is 0 Å². The van der Waals surface area contributed by atoms with E-state index in [0.29, 0.717) is 19.4 Å². The van der Waals surface area contributed by atoms with Crippen molar-refractivity contribution in [1.82, 2.24) is 5.32 Å². The van der Waals surface area contributed by atoms with Gasteiger partial charge in [0.2, 0.25) is 0 Å². The summed E-state index contributed by atoms with van der Waals surface area (Å²) in [6, 6.07) is 3.10. The van der Waals surface area contributed by atoms with E-state index in [4.69, 9.17) is 9.84 Å². The summed E-state index contributed by atoms with van der Waals surface area (Å²) in [5.41, 5.74) is -1.04. The summed E-state index contributed by atoms with van der Waals surface area (Å²) in [5, 5.41) is 20.9. The van der Waals surface area contributed by atoms with Crippen LogP contribution in [0.25, 0.3) is 0 Å². The number of esters is 1. The molecular formula is C19H25NO7. The fraction of sp³-hybridized carbons (Fsp3) is 0.474. The van der Waals surface area contributed by atoms with Crippen molar-refractivity contribution < 1.29 is 34.1 Å². The Balaban J connectivity index is 3.01. The minimum absolute atomic E-state index is 0.260. The summed E-state index contributed by atoms with van der Waals surface area (Å²) >= 11 is 0. The van der Waals surface area contributed by atoms with Gasteiger partial charge in [0, 0.05) is 6.54 Å². The lowest BCUT2D eigenvalue weighted by atomic mass is 10.0. The van der Waals surface area contributed by atoms with Crippen molar-refractivity contribution in [2.45, 2.75) is 52.1 Å². The van der Waals surface area contributed by atoms with Gasteiger partial charge in [-0.1, -0.05) is 26.7 Å². The monoisotopic (exact) mass is 379 g/mol. The molecular weight excluding hydrogens is 354 g/mol. The molecule has 0 radical (unpaired) electrons. The molecule has 0 fully saturated rings. The summed E-state index contributed by atoms with van der Waals surface area (Å²) in [6.45, 7) is 4.37. The van der Waals surface area contributed by atoms with E-state index in [-0.39, 0.29) is 11.1 Å². The molecule has 1 aromatic rings. The Morgan fingerprint density at radius 2 is 1.67 bits per heavy atom. The molecule has 8 nitrogen and oxygen atoms in total. The Bertz CT molecular complexity index is 699. The average molecular weight is 379 g/mol. The van der Waals surface area contributed by atoms with Crippen LogP contribution in [0.3, 0.4) is 0 Å². The third kappa shape index (κ3) is 6.73. The van der Waals surface area contributed by atoms with E-state index in [9.17, 15) is 24.3 Å². The molecule has 1 rings (SSSR count). The Morgan fingerprint density at radius 1 is 1.00 bits per heavy atom. The van der Waals surface area contributed by atoms with E-state index in [1.807, 2.05) is 13.8 Å². The Hall–Kier alpha value is -2.90. The summed E-state index contributed by atoms with van der Waals surface area (Å²) in [6.07, 6.45) is 2.43. The molecule has 0 aromatic heterocycles. The van der Waals surface area contributed by atoms with Crippen LogP contribution in [0.2, 0.25) is 0 Å². The highest BCUT2D eigenvalue weighted by atomic mass is 16.5. The van der Waals surface area contributed by atoms with E-state index >= 15 is 0 Å². The van der Waals surface area contributed by atoms with Crippen LogP contribution in [0, 0.1) is 0 Å². The minimum atomic E-state index is -1.46. The summed E-state index contributed by atoms with van der Waals surface area (Å²) in [4.78, 5) is 47.1. The molecule has 0 aliphatic rings. The molecule has 0 aliphatic heterocycles. The van der Waals surface area contributed by atoms with Gasteiger partial charge in [-0.3, -0.25) is 4.79 Å². The number of benzene rings is 1.